The topological polar surface area (TPSA) is 46.5 Å². The second-order valence-corrected chi connectivity index (χ2v) is 4.78. The first-order valence-corrected chi connectivity index (χ1v) is 6.56. The number of carbonyl (C=O) groups is 1. The summed E-state index contributed by atoms with van der Waals surface area (Å²) in [4.78, 5) is 10.5. The Kier molecular flexibility index (Phi) is 4.41. The SMILES string of the molecule is COc1ccc(-c2ccc(CCC(=O)O)cc2)cc1C. The number of hydrogen-bond acceptors (Lipinski definition) is 2. The Morgan fingerprint density at radius 1 is 1.10 bits per heavy atom. The smallest absolute Gasteiger partial charge is 0.303 e. The monoisotopic (exact) mass is 270 g/mol. The first kappa shape index (κ1) is 14.1. The van der Waals surface area contributed by atoms with E-state index in [2.05, 4.69) is 6.07 Å². The molecule has 0 aliphatic rings. The molecule has 0 aliphatic heterocycles. The number of hydrogen-bond donors (Lipinski definition) is 1. The molecule has 2 aromatic rings. The quantitative estimate of drug-likeness (QED) is 0.901. The highest BCUT2D eigenvalue weighted by atomic mass is 16.5. The van der Waals surface area contributed by atoms with Crippen molar-refractivity contribution in [3.8, 4) is 16.9 Å². The summed E-state index contributed by atoms with van der Waals surface area (Å²) in [6.45, 7) is 2.02. The highest BCUT2D eigenvalue weighted by Gasteiger charge is 2.03. The van der Waals surface area contributed by atoms with Crippen molar-refractivity contribution in [1.29, 1.82) is 0 Å². The summed E-state index contributed by atoms with van der Waals surface area (Å²) >= 11 is 0. The molecule has 1 N–H and O–H groups in total. The third kappa shape index (κ3) is 3.38. The molecule has 0 spiro atoms. The van der Waals surface area contributed by atoms with E-state index in [9.17, 15) is 4.79 Å². The molecule has 0 atom stereocenters. The molecular weight excluding hydrogens is 252 g/mol. The maximum atomic E-state index is 10.5. The Bertz CT molecular complexity index is 600. The lowest BCUT2D eigenvalue weighted by atomic mass is 10.0. The number of aryl methyl sites for hydroxylation is 2. The largest absolute Gasteiger partial charge is 0.496 e. The molecule has 104 valence electrons. The molecule has 0 bridgehead atoms. The average Bonchev–Trinajstić information content (AvgIpc) is 2.45. The molecule has 3 nitrogen and oxygen atoms in total. The Hall–Kier alpha value is -2.29. The molecule has 3 heteroatoms. The van der Waals surface area contributed by atoms with Crippen LogP contribution in [-0.2, 0) is 11.2 Å². The van der Waals surface area contributed by atoms with E-state index in [0.717, 1.165) is 28.0 Å². The van der Waals surface area contributed by atoms with Gasteiger partial charge in [-0.05, 0) is 47.7 Å². The van der Waals surface area contributed by atoms with E-state index in [-0.39, 0.29) is 6.42 Å². The van der Waals surface area contributed by atoms with Crippen LogP contribution in [0.25, 0.3) is 11.1 Å². The van der Waals surface area contributed by atoms with Crippen LogP contribution in [-0.4, -0.2) is 18.2 Å². The third-order valence-corrected chi connectivity index (χ3v) is 3.31. The van der Waals surface area contributed by atoms with Crippen molar-refractivity contribution >= 4 is 5.97 Å². The number of rotatable bonds is 5. The number of benzene rings is 2. The van der Waals surface area contributed by atoms with Gasteiger partial charge in [-0.1, -0.05) is 30.3 Å². The number of aliphatic carboxylic acids is 1. The minimum atomic E-state index is -0.764. The summed E-state index contributed by atoms with van der Waals surface area (Å²) in [5.74, 6) is 0.117. The van der Waals surface area contributed by atoms with Crippen LogP contribution in [0.5, 0.6) is 5.75 Å². The van der Waals surface area contributed by atoms with E-state index in [1.165, 1.54) is 0 Å². The van der Waals surface area contributed by atoms with Crippen molar-refractivity contribution in [1.82, 2.24) is 0 Å². The van der Waals surface area contributed by atoms with Crippen LogP contribution in [0.15, 0.2) is 42.5 Å². The lowest BCUT2D eigenvalue weighted by molar-refractivity contribution is -0.136. The summed E-state index contributed by atoms with van der Waals surface area (Å²) in [5.41, 5.74) is 4.39. The highest BCUT2D eigenvalue weighted by Crippen LogP contribution is 2.26. The van der Waals surface area contributed by atoms with Crippen LogP contribution >= 0.6 is 0 Å². The molecule has 2 rings (SSSR count). The number of carboxylic acid groups (broad SMARTS) is 1. The van der Waals surface area contributed by atoms with Crippen molar-refractivity contribution in [2.24, 2.45) is 0 Å². The van der Waals surface area contributed by atoms with Crippen molar-refractivity contribution in [2.75, 3.05) is 7.11 Å². The van der Waals surface area contributed by atoms with Crippen LogP contribution in [0.4, 0.5) is 0 Å². The summed E-state index contributed by atoms with van der Waals surface area (Å²) in [7, 11) is 1.67. The fourth-order valence-electron chi connectivity index (χ4n) is 2.17. The van der Waals surface area contributed by atoms with Crippen molar-refractivity contribution in [3.63, 3.8) is 0 Å². The van der Waals surface area contributed by atoms with Crippen molar-refractivity contribution < 1.29 is 14.6 Å². The Morgan fingerprint density at radius 3 is 2.30 bits per heavy atom. The molecular formula is C17H18O3. The van der Waals surface area contributed by atoms with Gasteiger partial charge in [-0.25, -0.2) is 0 Å². The van der Waals surface area contributed by atoms with E-state index < -0.39 is 5.97 Å². The Morgan fingerprint density at radius 2 is 1.75 bits per heavy atom. The lowest BCUT2D eigenvalue weighted by Crippen LogP contribution is -1.97. The van der Waals surface area contributed by atoms with Crippen LogP contribution in [0.2, 0.25) is 0 Å². The van der Waals surface area contributed by atoms with Crippen LogP contribution in [0, 0.1) is 6.92 Å². The van der Waals surface area contributed by atoms with E-state index in [4.69, 9.17) is 9.84 Å². The second kappa shape index (κ2) is 6.24. The minimum Gasteiger partial charge on any atom is -0.496 e. The number of methoxy groups -OCH3 is 1. The van der Waals surface area contributed by atoms with Gasteiger partial charge in [-0.2, -0.15) is 0 Å². The van der Waals surface area contributed by atoms with Gasteiger partial charge in [0.05, 0.1) is 7.11 Å². The standard InChI is InChI=1S/C17H18O3/c1-12-11-15(8-9-16(12)20-2)14-6-3-13(4-7-14)5-10-17(18)19/h3-4,6-9,11H,5,10H2,1-2H3,(H,18,19). The molecule has 2 aromatic carbocycles. The third-order valence-electron chi connectivity index (χ3n) is 3.31. The molecule has 20 heavy (non-hydrogen) atoms. The molecule has 0 saturated heterocycles. The van der Waals surface area contributed by atoms with Gasteiger partial charge in [0.15, 0.2) is 0 Å². The van der Waals surface area contributed by atoms with Gasteiger partial charge < -0.3 is 9.84 Å². The van der Waals surface area contributed by atoms with Crippen LogP contribution in [0.1, 0.15) is 17.5 Å². The summed E-state index contributed by atoms with van der Waals surface area (Å²) in [6, 6.07) is 14.1. The lowest BCUT2D eigenvalue weighted by Gasteiger charge is -2.08. The maximum absolute atomic E-state index is 10.5. The predicted molar refractivity (Wildman–Crippen MR) is 79.1 cm³/mol. The van der Waals surface area contributed by atoms with Crippen LogP contribution < -0.4 is 4.74 Å². The molecule has 0 aromatic heterocycles. The first-order valence-electron chi connectivity index (χ1n) is 6.56. The van der Waals surface area contributed by atoms with Gasteiger partial charge in [0.2, 0.25) is 0 Å². The molecule has 0 radical (unpaired) electrons. The molecule has 0 heterocycles. The fraction of sp³-hybridized carbons (Fsp3) is 0.235. The van der Waals surface area contributed by atoms with Crippen LogP contribution in [0.3, 0.4) is 0 Å². The first-order chi connectivity index (χ1) is 9.60. The molecule has 0 fully saturated rings. The van der Waals surface area contributed by atoms with E-state index in [1.54, 1.807) is 7.11 Å². The Labute approximate surface area is 118 Å². The number of carboxylic acids is 1. The zero-order valence-electron chi connectivity index (χ0n) is 11.7. The van der Waals surface area contributed by atoms with E-state index in [1.807, 2.05) is 43.3 Å². The normalized spacial score (nSPS) is 10.3. The van der Waals surface area contributed by atoms with Crippen molar-refractivity contribution in [2.45, 2.75) is 19.8 Å². The maximum Gasteiger partial charge on any atom is 0.303 e. The highest BCUT2D eigenvalue weighted by molar-refractivity contribution is 5.68. The van der Waals surface area contributed by atoms with Gasteiger partial charge in [0.1, 0.15) is 5.75 Å². The second-order valence-electron chi connectivity index (χ2n) is 4.78. The van der Waals surface area contributed by atoms with E-state index in [0.29, 0.717) is 6.42 Å². The number of ether oxygens (including phenoxy) is 1. The van der Waals surface area contributed by atoms with E-state index >= 15 is 0 Å². The predicted octanol–water partition coefficient (Wildman–Crippen LogP) is 3.69. The zero-order chi connectivity index (χ0) is 14.5. The minimum absolute atomic E-state index is 0.168. The molecule has 0 aliphatic carbocycles. The summed E-state index contributed by atoms with van der Waals surface area (Å²) in [5, 5.41) is 8.68. The summed E-state index contributed by atoms with van der Waals surface area (Å²) in [6.07, 6.45) is 0.734. The zero-order valence-corrected chi connectivity index (χ0v) is 11.7. The Balaban J connectivity index is 2.17. The fourth-order valence-corrected chi connectivity index (χ4v) is 2.17. The molecule has 0 saturated carbocycles. The average molecular weight is 270 g/mol. The molecule has 0 amide bonds. The molecule has 0 unspecified atom stereocenters. The van der Waals surface area contributed by atoms with Crippen molar-refractivity contribution in [3.05, 3.63) is 53.6 Å². The van der Waals surface area contributed by atoms with Gasteiger partial charge in [0, 0.05) is 6.42 Å². The van der Waals surface area contributed by atoms with Gasteiger partial charge in [-0.3, -0.25) is 4.79 Å². The summed E-state index contributed by atoms with van der Waals surface area (Å²) < 4.78 is 5.25. The van der Waals surface area contributed by atoms with Gasteiger partial charge in [0.25, 0.3) is 0 Å². The van der Waals surface area contributed by atoms with Gasteiger partial charge >= 0.3 is 5.97 Å². The van der Waals surface area contributed by atoms with Gasteiger partial charge in [-0.15, -0.1) is 0 Å².